The normalized spacial score (nSPS) is 12.6. The van der Waals surface area contributed by atoms with Crippen molar-refractivity contribution in [1.29, 1.82) is 0 Å². The molecule has 9 nitrogen and oxygen atoms in total. The van der Waals surface area contributed by atoms with Crippen LogP contribution < -0.4 is 0 Å². The smallest absolute Gasteiger partial charge is 0.242 e. The molecule has 0 amide bonds. The lowest BCUT2D eigenvalue weighted by atomic mass is 9.79. The molecule has 5 heterocycles. The van der Waals surface area contributed by atoms with Crippen molar-refractivity contribution in [3.05, 3.63) is 79.0 Å². The molecule has 186 valence electrons. The van der Waals surface area contributed by atoms with E-state index in [9.17, 15) is 0 Å². The molecule has 0 N–H and O–H groups in total. The summed E-state index contributed by atoms with van der Waals surface area (Å²) < 4.78 is 5.60. The Bertz CT molecular complexity index is 1680. The third-order valence-corrected chi connectivity index (χ3v) is 6.57. The van der Waals surface area contributed by atoms with Gasteiger partial charge in [-0.05, 0) is 40.2 Å². The van der Waals surface area contributed by atoms with Crippen LogP contribution in [0.1, 0.15) is 52.7 Å². The second kappa shape index (κ2) is 8.06. The zero-order valence-electron chi connectivity index (χ0n) is 21.9. The van der Waals surface area contributed by atoms with E-state index in [0.717, 1.165) is 21.9 Å². The van der Waals surface area contributed by atoms with Gasteiger partial charge < -0.3 is 0 Å². The summed E-state index contributed by atoms with van der Waals surface area (Å²) in [6.45, 7) is 13.5. The van der Waals surface area contributed by atoms with E-state index < -0.39 is 0 Å². The minimum atomic E-state index is -0.0858. The molecular weight excluding hydrogens is 462 g/mol. The third kappa shape index (κ3) is 3.87. The number of aromatic nitrogens is 9. The number of hydrogen-bond acceptors (Lipinski definition) is 6. The lowest BCUT2D eigenvalue weighted by Gasteiger charge is -2.26. The molecule has 6 aromatic rings. The fraction of sp³-hybridized carbons (Fsp3) is 0.286. The highest BCUT2D eigenvalue weighted by molar-refractivity contribution is 6.10. The van der Waals surface area contributed by atoms with Gasteiger partial charge in [-0.1, -0.05) is 47.6 Å². The molecule has 5 aromatic heterocycles. The predicted octanol–water partition coefficient (Wildman–Crippen LogP) is 5.33. The molecule has 0 radical (unpaired) electrons. The Kier molecular flexibility index (Phi) is 5.01. The van der Waals surface area contributed by atoms with Gasteiger partial charge in [0.1, 0.15) is 18.3 Å². The number of imidazole rings is 2. The first kappa shape index (κ1) is 23.0. The molecule has 0 spiro atoms. The van der Waals surface area contributed by atoms with Crippen LogP contribution in [0.5, 0.6) is 0 Å². The zero-order chi connectivity index (χ0) is 25.9. The van der Waals surface area contributed by atoms with E-state index in [1.54, 1.807) is 34.2 Å². The minimum absolute atomic E-state index is 0.0497. The molecule has 6 rings (SSSR count). The topological polar surface area (TPSA) is 92.1 Å². The number of hydrogen-bond donors (Lipinski definition) is 0. The van der Waals surface area contributed by atoms with Gasteiger partial charge in [-0.2, -0.15) is 15.0 Å². The van der Waals surface area contributed by atoms with Crippen LogP contribution in [0.25, 0.3) is 39.8 Å². The summed E-state index contributed by atoms with van der Waals surface area (Å²) in [6.07, 6.45) is 12.2. The predicted molar refractivity (Wildman–Crippen MR) is 144 cm³/mol. The summed E-state index contributed by atoms with van der Waals surface area (Å²) in [4.78, 5) is 27.7. The second-order valence-electron chi connectivity index (χ2n) is 11.3. The van der Waals surface area contributed by atoms with E-state index in [2.05, 4.69) is 74.3 Å². The number of nitrogens with zero attached hydrogens (tertiary/aromatic N) is 9. The fourth-order valence-corrected chi connectivity index (χ4v) is 4.63. The van der Waals surface area contributed by atoms with E-state index in [1.807, 2.05) is 24.7 Å². The number of fused-ring (bicyclic) bond motifs is 3. The highest BCUT2D eigenvalue weighted by Gasteiger charge is 2.27. The van der Waals surface area contributed by atoms with Crippen molar-refractivity contribution < 1.29 is 0 Å². The van der Waals surface area contributed by atoms with Crippen LogP contribution >= 0.6 is 0 Å². The highest BCUT2D eigenvalue weighted by Crippen LogP contribution is 2.40. The summed E-state index contributed by atoms with van der Waals surface area (Å²) >= 11 is 0. The van der Waals surface area contributed by atoms with Crippen molar-refractivity contribution >= 4 is 21.9 Å². The fourth-order valence-electron chi connectivity index (χ4n) is 4.63. The number of benzene rings is 1. The molecule has 37 heavy (non-hydrogen) atoms. The van der Waals surface area contributed by atoms with Crippen LogP contribution in [0.3, 0.4) is 0 Å². The van der Waals surface area contributed by atoms with Crippen molar-refractivity contribution in [2.45, 2.75) is 52.4 Å². The number of rotatable bonds is 3. The summed E-state index contributed by atoms with van der Waals surface area (Å²) in [5, 5.41) is 2.23. The molecule has 0 fully saturated rings. The van der Waals surface area contributed by atoms with Gasteiger partial charge in [0.05, 0.1) is 5.52 Å². The van der Waals surface area contributed by atoms with Gasteiger partial charge in [-0.25, -0.2) is 15.0 Å². The maximum absolute atomic E-state index is 4.90. The van der Waals surface area contributed by atoms with Gasteiger partial charge >= 0.3 is 0 Å². The summed E-state index contributed by atoms with van der Waals surface area (Å²) in [6, 6.07) is 8.71. The molecule has 0 bridgehead atoms. The van der Waals surface area contributed by atoms with Gasteiger partial charge in [0.15, 0.2) is 0 Å². The molecule has 1 aromatic carbocycles. The Morgan fingerprint density at radius 3 is 1.86 bits per heavy atom. The maximum atomic E-state index is 4.90. The van der Waals surface area contributed by atoms with E-state index >= 15 is 0 Å². The first-order valence-electron chi connectivity index (χ1n) is 12.3. The molecule has 9 heteroatoms. The van der Waals surface area contributed by atoms with Crippen LogP contribution in [0, 0.1) is 0 Å². The lowest BCUT2D eigenvalue weighted by molar-refractivity contribution is 0.573. The average Bonchev–Trinajstić information content (AvgIpc) is 3.62. The van der Waals surface area contributed by atoms with E-state index in [4.69, 9.17) is 19.9 Å². The molecular formula is C28H29N9. The van der Waals surface area contributed by atoms with Crippen molar-refractivity contribution in [2.24, 2.45) is 0 Å². The highest BCUT2D eigenvalue weighted by atomic mass is 15.3. The Labute approximate surface area is 214 Å². The second-order valence-corrected chi connectivity index (χ2v) is 11.3. The quantitative estimate of drug-likeness (QED) is 0.332. The van der Waals surface area contributed by atoms with Crippen LogP contribution in [0.2, 0.25) is 0 Å². The van der Waals surface area contributed by atoms with Crippen molar-refractivity contribution in [3.8, 4) is 17.8 Å². The van der Waals surface area contributed by atoms with E-state index in [-0.39, 0.29) is 10.8 Å². The summed E-state index contributed by atoms with van der Waals surface area (Å²) in [7, 11) is 0. The van der Waals surface area contributed by atoms with Crippen molar-refractivity contribution in [3.63, 3.8) is 0 Å². The molecule has 0 aliphatic rings. The van der Waals surface area contributed by atoms with Crippen LogP contribution in [-0.2, 0) is 10.8 Å². The van der Waals surface area contributed by atoms with Crippen LogP contribution in [0.4, 0.5) is 0 Å². The monoisotopic (exact) mass is 491 g/mol. The molecule has 0 saturated carbocycles. The largest absolute Gasteiger partial charge is 0.274 e. The molecule has 0 atom stereocenters. The van der Waals surface area contributed by atoms with Crippen LogP contribution in [0.15, 0.2) is 67.9 Å². The Balaban J connectivity index is 1.76. The first-order chi connectivity index (χ1) is 17.6. The Morgan fingerprint density at radius 2 is 1.32 bits per heavy atom. The molecule has 0 aliphatic carbocycles. The van der Waals surface area contributed by atoms with Gasteiger partial charge in [0, 0.05) is 41.8 Å². The lowest BCUT2D eigenvalue weighted by Crippen LogP contribution is -2.17. The van der Waals surface area contributed by atoms with Gasteiger partial charge in [-0.3, -0.25) is 13.7 Å². The number of pyridine rings is 1. The standard InChI is InChI=1S/C28H29N9/c1-27(2,3)18-14-20(28(4,5)6)22-19-8-7-9-31-23(19)37(21(22)15-18)26-33-24(35-12-10-29-16-35)32-25(34-26)36-13-11-30-17-36/h7-17H,1-6H3. The van der Waals surface area contributed by atoms with E-state index in [1.165, 1.54) is 11.1 Å². The summed E-state index contributed by atoms with van der Waals surface area (Å²) in [5.74, 6) is 1.40. The molecule has 0 unspecified atom stereocenters. The SMILES string of the molecule is CC(C)(C)c1cc(C(C)(C)C)c2c3cccnc3n(-c3nc(-n4ccnc4)nc(-n4ccnc4)n3)c2c1. The average molecular weight is 492 g/mol. The third-order valence-electron chi connectivity index (χ3n) is 6.57. The molecule has 0 aliphatic heterocycles. The van der Waals surface area contributed by atoms with E-state index in [0.29, 0.717) is 17.8 Å². The maximum Gasteiger partial charge on any atom is 0.242 e. The van der Waals surface area contributed by atoms with Gasteiger partial charge in [0.25, 0.3) is 0 Å². The Morgan fingerprint density at radius 1 is 0.703 bits per heavy atom. The van der Waals surface area contributed by atoms with Gasteiger partial charge in [-0.15, -0.1) is 0 Å². The first-order valence-corrected chi connectivity index (χ1v) is 12.3. The zero-order valence-corrected chi connectivity index (χ0v) is 21.9. The van der Waals surface area contributed by atoms with Crippen LogP contribution in [-0.4, -0.2) is 43.6 Å². The van der Waals surface area contributed by atoms with Crippen molar-refractivity contribution in [2.75, 3.05) is 0 Å². The Hall–Kier alpha value is -4.40. The summed E-state index contributed by atoms with van der Waals surface area (Å²) in [5.41, 5.74) is 4.20. The molecule has 0 saturated heterocycles. The van der Waals surface area contributed by atoms with Crippen molar-refractivity contribution in [1.82, 2.24) is 43.6 Å². The van der Waals surface area contributed by atoms with Gasteiger partial charge in [0.2, 0.25) is 17.8 Å². The minimum Gasteiger partial charge on any atom is -0.274 e.